The highest BCUT2D eigenvalue weighted by molar-refractivity contribution is 5.75. The molecule has 0 spiro atoms. The zero-order valence-electron chi connectivity index (χ0n) is 12.3. The van der Waals surface area contributed by atoms with Gasteiger partial charge in [-0.2, -0.15) is 13.2 Å². The van der Waals surface area contributed by atoms with Crippen LogP contribution in [0.15, 0.2) is 24.3 Å². The Labute approximate surface area is 131 Å². The monoisotopic (exact) mass is 330 g/mol. The van der Waals surface area contributed by atoms with Crippen molar-refractivity contribution in [3.05, 3.63) is 35.4 Å². The number of carboxylic acid groups (broad SMARTS) is 1. The lowest BCUT2D eigenvalue weighted by molar-refractivity contribution is -0.138. The van der Waals surface area contributed by atoms with Gasteiger partial charge in [0, 0.05) is 32.0 Å². The van der Waals surface area contributed by atoms with Gasteiger partial charge in [0.05, 0.1) is 5.56 Å². The highest BCUT2D eigenvalue weighted by atomic mass is 19.4. The summed E-state index contributed by atoms with van der Waals surface area (Å²) in [7, 11) is 0. The van der Waals surface area contributed by atoms with Crippen LogP contribution in [-0.4, -0.2) is 41.6 Å². The number of rotatable bonds is 5. The van der Waals surface area contributed by atoms with E-state index >= 15 is 0 Å². The van der Waals surface area contributed by atoms with Crippen molar-refractivity contribution in [1.29, 1.82) is 0 Å². The molecule has 1 aliphatic rings. The Morgan fingerprint density at radius 2 is 2.00 bits per heavy atom. The molecule has 0 aromatic heterocycles. The van der Waals surface area contributed by atoms with E-state index in [4.69, 9.17) is 5.11 Å². The van der Waals surface area contributed by atoms with Crippen molar-refractivity contribution in [2.24, 2.45) is 0 Å². The number of likely N-dealkylation sites (tertiary alicyclic amines) is 1. The Morgan fingerprint density at radius 3 is 2.61 bits per heavy atom. The molecule has 8 heteroatoms. The van der Waals surface area contributed by atoms with E-state index < -0.39 is 17.7 Å². The number of carboxylic acids is 1. The van der Waals surface area contributed by atoms with Gasteiger partial charge in [-0.05, 0) is 18.1 Å². The van der Waals surface area contributed by atoms with E-state index in [2.05, 4.69) is 5.32 Å². The van der Waals surface area contributed by atoms with Gasteiger partial charge in [0.1, 0.15) is 0 Å². The Kier molecular flexibility index (Phi) is 5.12. The highest BCUT2D eigenvalue weighted by Crippen LogP contribution is 2.33. The van der Waals surface area contributed by atoms with Crippen LogP contribution >= 0.6 is 0 Å². The first-order valence-electron chi connectivity index (χ1n) is 7.19. The van der Waals surface area contributed by atoms with Crippen molar-refractivity contribution in [2.75, 3.05) is 19.6 Å². The van der Waals surface area contributed by atoms with Crippen LogP contribution in [0, 0.1) is 0 Å². The molecule has 2 rings (SSSR count). The fourth-order valence-electron chi connectivity index (χ4n) is 2.37. The summed E-state index contributed by atoms with van der Waals surface area (Å²) in [4.78, 5) is 23.6. The second-order valence-corrected chi connectivity index (χ2v) is 5.45. The lowest BCUT2D eigenvalue weighted by Crippen LogP contribution is -2.52. The summed E-state index contributed by atoms with van der Waals surface area (Å²) in [5, 5.41) is 11.1. The van der Waals surface area contributed by atoms with Crippen LogP contribution in [0.3, 0.4) is 0 Å². The number of aliphatic carboxylic acids is 1. The standard InChI is InChI=1S/C15H17F3N2O3/c16-15(17,18)12-4-1-3-10(7-12)11-8-20(9-11)14(23)19-6-2-5-13(21)22/h1,3-4,7,11H,2,5-6,8-9H2,(H,19,23)(H,21,22). The van der Waals surface area contributed by atoms with Crippen molar-refractivity contribution in [3.63, 3.8) is 0 Å². The number of carbonyl (C=O) groups excluding carboxylic acids is 1. The quantitative estimate of drug-likeness (QED) is 0.816. The molecule has 23 heavy (non-hydrogen) atoms. The van der Waals surface area contributed by atoms with Gasteiger partial charge in [0.2, 0.25) is 0 Å². The summed E-state index contributed by atoms with van der Waals surface area (Å²) in [5.74, 6) is -1.03. The first-order chi connectivity index (χ1) is 10.8. The van der Waals surface area contributed by atoms with Crippen LogP contribution in [0.5, 0.6) is 0 Å². The molecule has 0 saturated carbocycles. The fraction of sp³-hybridized carbons (Fsp3) is 0.467. The van der Waals surface area contributed by atoms with Gasteiger partial charge in [-0.15, -0.1) is 0 Å². The molecule has 0 unspecified atom stereocenters. The largest absolute Gasteiger partial charge is 0.481 e. The predicted octanol–water partition coefficient (Wildman–Crippen LogP) is 2.68. The number of amides is 2. The molecule has 0 aliphatic carbocycles. The normalized spacial score (nSPS) is 15.2. The lowest BCUT2D eigenvalue weighted by atomic mass is 9.90. The summed E-state index contributed by atoms with van der Waals surface area (Å²) >= 11 is 0. The summed E-state index contributed by atoms with van der Waals surface area (Å²) in [5.41, 5.74) is -0.124. The van der Waals surface area contributed by atoms with E-state index in [9.17, 15) is 22.8 Å². The van der Waals surface area contributed by atoms with Crippen LogP contribution in [0.2, 0.25) is 0 Å². The molecule has 1 fully saturated rings. The number of halogens is 3. The molecule has 0 bridgehead atoms. The number of alkyl halides is 3. The summed E-state index contributed by atoms with van der Waals surface area (Å²) in [6.45, 7) is 0.966. The minimum absolute atomic E-state index is 0.0207. The first-order valence-corrected chi connectivity index (χ1v) is 7.19. The Hall–Kier alpha value is -2.25. The van der Waals surface area contributed by atoms with Gasteiger partial charge in [0.15, 0.2) is 0 Å². The SMILES string of the molecule is O=C(O)CCCNC(=O)N1CC(c2cccc(C(F)(F)F)c2)C1. The third-order valence-corrected chi connectivity index (χ3v) is 3.70. The van der Waals surface area contributed by atoms with Crippen LogP contribution < -0.4 is 5.32 Å². The summed E-state index contributed by atoms with van der Waals surface area (Å²) in [6.07, 6.45) is -4.06. The van der Waals surface area contributed by atoms with Crippen molar-refractivity contribution < 1.29 is 27.9 Å². The minimum atomic E-state index is -4.37. The van der Waals surface area contributed by atoms with Crippen LogP contribution in [0.1, 0.15) is 29.9 Å². The Bertz CT molecular complexity index is 584. The van der Waals surface area contributed by atoms with Crippen LogP contribution in [0.25, 0.3) is 0 Å². The van der Waals surface area contributed by atoms with Crippen molar-refractivity contribution >= 4 is 12.0 Å². The average molecular weight is 330 g/mol. The molecule has 1 heterocycles. The van der Waals surface area contributed by atoms with Gasteiger partial charge < -0.3 is 15.3 Å². The maximum atomic E-state index is 12.7. The van der Waals surface area contributed by atoms with Gasteiger partial charge in [-0.25, -0.2) is 4.79 Å². The van der Waals surface area contributed by atoms with E-state index in [-0.39, 0.29) is 24.9 Å². The van der Waals surface area contributed by atoms with E-state index in [0.717, 1.165) is 12.1 Å². The minimum Gasteiger partial charge on any atom is -0.481 e. The lowest BCUT2D eigenvalue weighted by Gasteiger charge is -2.39. The molecule has 1 aliphatic heterocycles. The smallest absolute Gasteiger partial charge is 0.416 e. The van der Waals surface area contributed by atoms with Gasteiger partial charge in [-0.3, -0.25) is 4.79 Å². The second-order valence-electron chi connectivity index (χ2n) is 5.45. The average Bonchev–Trinajstić information content (AvgIpc) is 2.41. The van der Waals surface area contributed by atoms with Gasteiger partial charge >= 0.3 is 18.2 Å². The topological polar surface area (TPSA) is 69.6 Å². The molecular formula is C15H17F3N2O3. The maximum absolute atomic E-state index is 12.7. The van der Waals surface area contributed by atoms with Crippen molar-refractivity contribution in [1.82, 2.24) is 10.2 Å². The number of hydrogen-bond acceptors (Lipinski definition) is 2. The molecule has 0 atom stereocenters. The number of benzene rings is 1. The summed E-state index contributed by atoms with van der Waals surface area (Å²) < 4.78 is 38.0. The number of carbonyl (C=O) groups is 2. The van der Waals surface area contributed by atoms with Crippen molar-refractivity contribution in [3.8, 4) is 0 Å². The molecule has 2 N–H and O–H groups in total. The van der Waals surface area contributed by atoms with E-state index in [1.807, 2.05) is 0 Å². The Morgan fingerprint density at radius 1 is 1.30 bits per heavy atom. The zero-order valence-corrected chi connectivity index (χ0v) is 12.3. The molecule has 1 aromatic rings. The number of urea groups is 1. The molecule has 126 valence electrons. The molecule has 2 amide bonds. The van der Waals surface area contributed by atoms with Crippen LogP contribution in [0.4, 0.5) is 18.0 Å². The summed E-state index contributed by atoms with van der Waals surface area (Å²) in [6, 6.07) is 4.81. The van der Waals surface area contributed by atoms with E-state index in [0.29, 0.717) is 25.1 Å². The fourth-order valence-corrected chi connectivity index (χ4v) is 2.37. The third kappa shape index (κ3) is 4.61. The first kappa shape index (κ1) is 17.1. The number of nitrogens with zero attached hydrogens (tertiary/aromatic N) is 1. The van der Waals surface area contributed by atoms with Crippen molar-refractivity contribution in [2.45, 2.75) is 24.9 Å². The molecule has 5 nitrogen and oxygen atoms in total. The Balaban J connectivity index is 1.80. The molecule has 1 aromatic carbocycles. The maximum Gasteiger partial charge on any atom is 0.416 e. The van der Waals surface area contributed by atoms with E-state index in [1.54, 1.807) is 6.07 Å². The molecule has 1 saturated heterocycles. The van der Waals surface area contributed by atoms with E-state index in [1.165, 1.54) is 11.0 Å². The van der Waals surface area contributed by atoms with Gasteiger partial charge in [-0.1, -0.05) is 18.2 Å². The molecule has 0 radical (unpaired) electrons. The zero-order chi connectivity index (χ0) is 17.0. The number of hydrogen-bond donors (Lipinski definition) is 2. The number of nitrogens with one attached hydrogen (secondary N) is 1. The van der Waals surface area contributed by atoms with Crippen LogP contribution in [-0.2, 0) is 11.0 Å². The van der Waals surface area contributed by atoms with Gasteiger partial charge in [0.25, 0.3) is 0 Å². The second kappa shape index (κ2) is 6.89. The highest BCUT2D eigenvalue weighted by Gasteiger charge is 2.34. The predicted molar refractivity (Wildman–Crippen MR) is 76.0 cm³/mol. The molecular weight excluding hydrogens is 313 g/mol. The third-order valence-electron chi connectivity index (χ3n) is 3.70.